The van der Waals surface area contributed by atoms with Crippen LogP contribution in [0.15, 0.2) is 0 Å². The summed E-state index contributed by atoms with van der Waals surface area (Å²) in [5.74, 6) is 4.11. The first kappa shape index (κ1) is 22.3. The van der Waals surface area contributed by atoms with E-state index in [4.69, 9.17) is 4.74 Å². The minimum atomic E-state index is -0.0882. The number of methoxy groups -OCH3 is 1. The molecule has 4 aliphatic rings. The average molecular weight is 417 g/mol. The molecule has 4 saturated carbocycles. The zero-order valence-corrected chi connectivity index (χ0v) is 20.0. The van der Waals surface area contributed by atoms with E-state index in [1.54, 1.807) is 0 Å². The summed E-state index contributed by atoms with van der Waals surface area (Å²) < 4.78 is 4.88. The molecule has 4 rings (SSSR count). The second-order valence-electron chi connectivity index (χ2n) is 11.8. The van der Waals surface area contributed by atoms with Gasteiger partial charge in [-0.1, -0.05) is 40.5 Å². The minimum Gasteiger partial charge on any atom is -0.469 e. The van der Waals surface area contributed by atoms with Crippen LogP contribution < -0.4 is 0 Å². The lowest BCUT2D eigenvalue weighted by Crippen LogP contribution is -2.59. The summed E-state index contributed by atoms with van der Waals surface area (Å²) in [6.45, 7) is 9.66. The van der Waals surface area contributed by atoms with Crippen LogP contribution in [0.1, 0.15) is 98.3 Å². The van der Waals surface area contributed by atoms with Gasteiger partial charge in [-0.05, 0) is 91.8 Å². The molecule has 9 atom stereocenters. The molecule has 4 fully saturated rings. The third kappa shape index (κ3) is 3.28. The first-order valence-corrected chi connectivity index (χ1v) is 12.9. The Balaban J connectivity index is 1.59. The van der Waals surface area contributed by atoms with E-state index in [2.05, 4.69) is 27.7 Å². The molecule has 0 radical (unpaired) electrons. The second kappa shape index (κ2) is 8.24. The number of carbonyl (C=O) groups excluding carboxylic acids is 2. The predicted octanol–water partition coefficient (Wildman–Crippen LogP) is 6.44. The zero-order chi connectivity index (χ0) is 21.7. The van der Waals surface area contributed by atoms with Crippen LogP contribution in [0.25, 0.3) is 0 Å². The Morgan fingerprint density at radius 2 is 1.77 bits per heavy atom. The topological polar surface area (TPSA) is 43.4 Å². The molecule has 3 nitrogen and oxygen atoms in total. The molecule has 170 valence electrons. The number of esters is 1. The number of hydrogen-bond donors (Lipinski definition) is 0. The van der Waals surface area contributed by atoms with Gasteiger partial charge in [0.1, 0.15) is 5.78 Å². The molecule has 3 heteroatoms. The fourth-order valence-electron chi connectivity index (χ4n) is 9.34. The van der Waals surface area contributed by atoms with Crippen molar-refractivity contribution in [1.29, 1.82) is 0 Å². The van der Waals surface area contributed by atoms with Gasteiger partial charge in [0.15, 0.2) is 0 Å². The molecule has 4 aliphatic carbocycles. The van der Waals surface area contributed by atoms with Crippen molar-refractivity contribution in [2.75, 3.05) is 7.11 Å². The van der Waals surface area contributed by atoms with E-state index >= 15 is 0 Å². The van der Waals surface area contributed by atoms with E-state index in [1.165, 1.54) is 58.5 Å². The van der Waals surface area contributed by atoms with Crippen LogP contribution in [-0.4, -0.2) is 18.9 Å². The first-order valence-electron chi connectivity index (χ1n) is 12.9. The maximum absolute atomic E-state index is 13.9. The van der Waals surface area contributed by atoms with Gasteiger partial charge >= 0.3 is 5.97 Å². The highest BCUT2D eigenvalue weighted by atomic mass is 16.5. The van der Waals surface area contributed by atoms with Gasteiger partial charge in [0.2, 0.25) is 0 Å². The monoisotopic (exact) mass is 416 g/mol. The van der Waals surface area contributed by atoms with Crippen molar-refractivity contribution >= 4 is 11.8 Å². The summed E-state index contributed by atoms with van der Waals surface area (Å²) >= 11 is 0. The molecule has 7 unspecified atom stereocenters. The standard InChI is InChI=1S/C27H44O3/c1-6-18-20-9-7-8-15-26(20,3)22-14-16-27(4)19(17(2)10-13-23(28)30-5)11-12-21(27)24(22)25(18)29/h17-22,24H,6-16H2,1-5H3/t17-,18-,19?,20?,21?,22?,24?,26?,27?/m1/s1. The first-order chi connectivity index (χ1) is 14.3. The van der Waals surface area contributed by atoms with Gasteiger partial charge in [-0.2, -0.15) is 0 Å². The van der Waals surface area contributed by atoms with Crippen molar-refractivity contribution < 1.29 is 14.3 Å². The largest absolute Gasteiger partial charge is 0.469 e. The summed E-state index contributed by atoms with van der Waals surface area (Å²) in [6, 6.07) is 0. The molecule has 0 spiro atoms. The molecule has 0 saturated heterocycles. The SMILES string of the molecule is CC[C@H]1C(=O)C2C3CCC([C@H](C)CCC(=O)OC)C3(C)CCC2C2(C)CCCCC12. The molecule has 0 aromatic carbocycles. The third-order valence-electron chi connectivity index (χ3n) is 10.9. The van der Waals surface area contributed by atoms with Crippen LogP contribution in [0.3, 0.4) is 0 Å². The molecule has 0 amide bonds. The van der Waals surface area contributed by atoms with Crippen LogP contribution in [0, 0.1) is 52.3 Å². The molecule has 0 aliphatic heterocycles. The highest BCUT2D eigenvalue weighted by Crippen LogP contribution is 2.68. The van der Waals surface area contributed by atoms with E-state index in [-0.39, 0.29) is 11.4 Å². The van der Waals surface area contributed by atoms with E-state index in [0.717, 1.165) is 12.8 Å². The fraction of sp³-hybridized carbons (Fsp3) is 0.926. The van der Waals surface area contributed by atoms with Gasteiger partial charge in [-0.3, -0.25) is 9.59 Å². The second-order valence-corrected chi connectivity index (χ2v) is 11.8. The Labute approximate surface area is 184 Å². The Kier molecular flexibility index (Phi) is 6.14. The number of ketones is 1. The summed E-state index contributed by atoms with van der Waals surface area (Å²) in [6.07, 6.45) is 12.7. The Morgan fingerprint density at radius 3 is 2.47 bits per heavy atom. The smallest absolute Gasteiger partial charge is 0.305 e. The van der Waals surface area contributed by atoms with Crippen LogP contribution in [0.5, 0.6) is 0 Å². The van der Waals surface area contributed by atoms with Crippen LogP contribution in [0.2, 0.25) is 0 Å². The van der Waals surface area contributed by atoms with Crippen molar-refractivity contribution in [3.63, 3.8) is 0 Å². The van der Waals surface area contributed by atoms with Crippen LogP contribution in [-0.2, 0) is 14.3 Å². The molecule has 0 N–H and O–H groups in total. The molecular formula is C27H44O3. The Hall–Kier alpha value is -0.860. The third-order valence-corrected chi connectivity index (χ3v) is 10.9. The molecule has 0 bridgehead atoms. The summed E-state index contributed by atoms with van der Waals surface area (Å²) in [4.78, 5) is 25.6. The number of fused-ring (bicyclic) bond motifs is 5. The molecule has 0 aromatic heterocycles. The number of carbonyl (C=O) groups is 2. The van der Waals surface area contributed by atoms with E-state index in [9.17, 15) is 9.59 Å². The lowest BCUT2D eigenvalue weighted by atomic mass is 9.42. The zero-order valence-electron chi connectivity index (χ0n) is 20.0. The van der Waals surface area contributed by atoms with Crippen LogP contribution >= 0.6 is 0 Å². The minimum absolute atomic E-state index is 0.0882. The number of ether oxygens (including phenoxy) is 1. The van der Waals surface area contributed by atoms with Crippen molar-refractivity contribution in [3.05, 3.63) is 0 Å². The van der Waals surface area contributed by atoms with E-state index in [0.29, 0.717) is 59.0 Å². The van der Waals surface area contributed by atoms with Gasteiger partial charge in [0.25, 0.3) is 0 Å². The quantitative estimate of drug-likeness (QED) is 0.484. The molecule has 0 heterocycles. The van der Waals surface area contributed by atoms with Crippen molar-refractivity contribution in [2.45, 2.75) is 98.3 Å². The fourth-order valence-corrected chi connectivity index (χ4v) is 9.34. The van der Waals surface area contributed by atoms with Crippen molar-refractivity contribution in [2.24, 2.45) is 52.3 Å². The number of Topliss-reactive ketones (excluding diaryl/α,β-unsaturated/α-hetero) is 1. The molecule has 0 aromatic rings. The van der Waals surface area contributed by atoms with E-state index < -0.39 is 0 Å². The lowest BCUT2D eigenvalue weighted by Gasteiger charge is -2.62. The van der Waals surface area contributed by atoms with Gasteiger partial charge in [0, 0.05) is 18.3 Å². The highest BCUT2D eigenvalue weighted by molar-refractivity contribution is 5.86. The lowest BCUT2D eigenvalue weighted by molar-refractivity contribution is -0.168. The van der Waals surface area contributed by atoms with Gasteiger partial charge in [-0.25, -0.2) is 0 Å². The summed E-state index contributed by atoms with van der Waals surface area (Å²) in [7, 11) is 1.49. The van der Waals surface area contributed by atoms with Gasteiger partial charge < -0.3 is 4.74 Å². The van der Waals surface area contributed by atoms with Crippen molar-refractivity contribution in [3.8, 4) is 0 Å². The molecule has 30 heavy (non-hydrogen) atoms. The van der Waals surface area contributed by atoms with Crippen molar-refractivity contribution in [1.82, 2.24) is 0 Å². The van der Waals surface area contributed by atoms with Gasteiger partial charge in [-0.15, -0.1) is 0 Å². The predicted molar refractivity (Wildman–Crippen MR) is 120 cm³/mol. The maximum atomic E-state index is 13.9. The summed E-state index contributed by atoms with van der Waals surface area (Å²) in [5, 5.41) is 0. The Bertz CT molecular complexity index is 671. The molecular weight excluding hydrogens is 372 g/mol. The van der Waals surface area contributed by atoms with E-state index in [1.807, 2.05) is 0 Å². The van der Waals surface area contributed by atoms with Gasteiger partial charge in [0.05, 0.1) is 7.11 Å². The maximum Gasteiger partial charge on any atom is 0.305 e. The highest BCUT2D eigenvalue weighted by Gasteiger charge is 2.64. The Morgan fingerprint density at radius 1 is 1.03 bits per heavy atom. The summed E-state index contributed by atoms with van der Waals surface area (Å²) in [5.41, 5.74) is 0.649. The number of rotatable bonds is 5. The number of hydrogen-bond acceptors (Lipinski definition) is 3. The normalized spacial score (nSPS) is 46.5. The van der Waals surface area contributed by atoms with Crippen LogP contribution in [0.4, 0.5) is 0 Å². The average Bonchev–Trinajstić information content (AvgIpc) is 3.09.